The number of nitrogens with two attached hydrogens (primary N) is 1. The number of halogens is 1. The third-order valence-corrected chi connectivity index (χ3v) is 4.22. The predicted octanol–water partition coefficient (Wildman–Crippen LogP) is 3.28. The fourth-order valence-corrected chi connectivity index (χ4v) is 3.06. The van der Waals surface area contributed by atoms with Crippen LogP contribution in [0.4, 0.5) is 0 Å². The molecule has 0 amide bonds. The highest BCUT2D eigenvalue weighted by molar-refractivity contribution is 14.0. The summed E-state index contributed by atoms with van der Waals surface area (Å²) in [6, 6.07) is 0.628. The van der Waals surface area contributed by atoms with Crippen LogP contribution < -0.4 is 11.1 Å². The van der Waals surface area contributed by atoms with E-state index in [1.807, 2.05) is 0 Å². The topological polar surface area (TPSA) is 50.4 Å². The SMILES string of the molecule is CCCCN=C(N)NC1CC1C1CCCCC1.I. The fraction of sp³-hybridized carbons (Fsp3) is 0.929. The van der Waals surface area contributed by atoms with Crippen LogP contribution in [0.1, 0.15) is 58.3 Å². The van der Waals surface area contributed by atoms with Gasteiger partial charge in [0.05, 0.1) is 0 Å². The summed E-state index contributed by atoms with van der Waals surface area (Å²) in [6.07, 6.45) is 10.8. The van der Waals surface area contributed by atoms with E-state index in [0.717, 1.165) is 24.8 Å². The summed E-state index contributed by atoms with van der Waals surface area (Å²) in [5, 5.41) is 3.39. The zero-order valence-electron chi connectivity index (χ0n) is 11.5. The first-order chi connectivity index (χ1) is 8.31. The molecular formula is C14H28IN3. The summed E-state index contributed by atoms with van der Waals surface area (Å²) in [7, 11) is 0. The third-order valence-electron chi connectivity index (χ3n) is 4.22. The molecule has 0 radical (unpaired) electrons. The smallest absolute Gasteiger partial charge is 0.188 e. The molecule has 4 heteroatoms. The summed E-state index contributed by atoms with van der Waals surface area (Å²) < 4.78 is 0. The molecule has 0 aromatic rings. The van der Waals surface area contributed by atoms with E-state index in [1.54, 1.807) is 0 Å². The van der Waals surface area contributed by atoms with Crippen LogP contribution in [-0.4, -0.2) is 18.5 Å². The van der Waals surface area contributed by atoms with E-state index in [1.165, 1.54) is 44.9 Å². The van der Waals surface area contributed by atoms with E-state index in [2.05, 4.69) is 17.2 Å². The number of nitrogens with zero attached hydrogens (tertiary/aromatic N) is 1. The van der Waals surface area contributed by atoms with Gasteiger partial charge in [0.1, 0.15) is 0 Å². The van der Waals surface area contributed by atoms with Gasteiger partial charge in [0.15, 0.2) is 5.96 Å². The van der Waals surface area contributed by atoms with Gasteiger partial charge in [-0.1, -0.05) is 45.4 Å². The standard InChI is InChI=1S/C14H27N3.HI/c1-2-3-9-16-14(15)17-13-10-12(13)11-7-5-4-6-8-11;/h11-13H,2-10H2,1H3,(H3,15,16,17);1H. The number of nitrogens with one attached hydrogen (secondary N) is 1. The molecule has 106 valence electrons. The van der Waals surface area contributed by atoms with Gasteiger partial charge in [-0.05, 0) is 24.7 Å². The Bertz CT molecular complexity index is 262. The second-order valence-electron chi connectivity index (χ2n) is 5.67. The Kier molecular flexibility index (Phi) is 7.34. The number of aliphatic imine (C=N–C) groups is 1. The number of guanidine groups is 1. The lowest BCUT2D eigenvalue weighted by Gasteiger charge is -2.21. The van der Waals surface area contributed by atoms with Crippen molar-refractivity contribution in [3.05, 3.63) is 0 Å². The third kappa shape index (κ3) is 4.94. The molecule has 2 fully saturated rings. The molecule has 2 aliphatic carbocycles. The monoisotopic (exact) mass is 365 g/mol. The normalized spacial score (nSPS) is 28.6. The van der Waals surface area contributed by atoms with Gasteiger partial charge in [0.25, 0.3) is 0 Å². The van der Waals surface area contributed by atoms with Crippen molar-refractivity contribution >= 4 is 29.9 Å². The molecule has 2 unspecified atom stereocenters. The quantitative estimate of drug-likeness (QED) is 0.340. The van der Waals surface area contributed by atoms with Gasteiger partial charge < -0.3 is 11.1 Å². The van der Waals surface area contributed by atoms with E-state index in [9.17, 15) is 0 Å². The van der Waals surface area contributed by atoms with Gasteiger partial charge in [-0.2, -0.15) is 0 Å². The average Bonchev–Trinajstić information content (AvgIpc) is 3.10. The number of rotatable bonds is 5. The molecule has 0 aromatic carbocycles. The van der Waals surface area contributed by atoms with Gasteiger partial charge in [0.2, 0.25) is 0 Å². The fourth-order valence-electron chi connectivity index (χ4n) is 3.06. The molecule has 0 bridgehead atoms. The van der Waals surface area contributed by atoms with Crippen LogP contribution in [0.15, 0.2) is 4.99 Å². The Morgan fingerprint density at radius 3 is 2.67 bits per heavy atom. The molecule has 0 heterocycles. The van der Waals surface area contributed by atoms with Crippen molar-refractivity contribution in [2.45, 2.75) is 64.3 Å². The number of hydrogen-bond donors (Lipinski definition) is 2. The largest absolute Gasteiger partial charge is 0.370 e. The lowest BCUT2D eigenvalue weighted by atomic mass is 9.85. The first-order valence-corrected chi connectivity index (χ1v) is 7.37. The van der Waals surface area contributed by atoms with Gasteiger partial charge in [-0.15, -0.1) is 24.0 Å². The van der Waals surface area contributed by atoms with Crippen molar-refractivity contribution in [1.29, 1.82) is 0 Å². The summed E-state index contributed by atoms with van der Waals surface area (Å²) in [5.74, 6) is 2.52. The van der Waals surface area contributed by atoms with Gasteiger partial charge in [-0.25, -0.2) is 0 Å². The zero-order chi connectivity index (χ0) is 12.1. The minimum atomic E-state index is 0. The molecule has 0 spiro atoms. The molecule has 0 aromatic heterocycles. The number of hydrogen-bond acceptors (Lipinski definition) is 1. The molecule has 2 atom stereocenters. The van der Waals surface area contributed by atoms with Crippen molar-refractivity contribution in [3.63, 3.8) is 0 Å². The summed E-state index contributed by atoms with van der Waals surface area (Å²) >= 11 is 0. The molecule has 18 heavy (non-hydrogen) atoms. The molecule has 2 saturated carbocycles. The second-order valence-corrected chi connectivity index (χ2v) is 5.67. The van der Waals surface area contributed by atoms with E-state index in [-0.39, 0.29) is 24.0 Å². The molecule has 2 rings (SSSR count). The molecule has 3 N–H and O–H groups in total. The van der Waals surface area contributed by atoms with Crippen LogP contribution in [0.3, 0.4) is 0 Å². The average molecular weight is 365 g/mol. The Morgan fingerprint density at radius 1 is 1.28 bits per heavy atom. The van der Waals surface area contributed by atoms with Crippen LogP contribution in [-0.2, 0) is 0 Å². The second kappa shape index (κ2) is 8.23. The van der Waals surface area contributed by atoms with Crippen LogP contribution in [0.25, 0.3) is 0 Å². The van der Waals surface area contributed by atoms with Crippen LogP contribution in [0, 0.1) is 11.8 Å². The maximum absolute atomic E-state index is 5.89. The molecular weight excluding hydrogens is 337 g/mol. The van der Waals surface area contributed by atoms with Gasteiger partial charge in [-0.3, -0.25) is 4.99 Å². The lowest BCUT2D eigenvalue weighted by molar-refractivity contribution is 0.316. The highest BCUT2D eigenvalue weighted by Crippen LogP contribution is 2.44. The van der Waals surface area contributed by atoms with E-state index >= 15 is 0 Å². The number of unbranched alkanes of at least 4 members (excludes halogenated alkanes) is 1. The molecule has 3 nitrogen and oxygen atoms in total. The van der Waals surface area contributed by atoms with Crippen molar-refractivity contribution in [3.8, 4) is 0 Å². The van der Waals surface area contributed by atoms with Gasteiger partial charge in [0, 0.05) is 12.6 Å². The van der Waals surface area contributed by atoms with Crippen molar-refractivity contribution < 1.29 is 0 Å². The highest BCUT2D eigenvalue weighted by Gasteiger charge is 2.43. The van der Waals surface area contributed by atoms with Crippen LogP contribution >= 0.6 is 24.0 Å². The lowest BCUT2D eigenvalue weighted by Crippen LogP contribution is -2.35. The zero-order valence-corrected chi connectivity index (χ0v) is 13.9. The van der Waals surface area contributed by atoms with Crippen LogP contribution in [0.5, 0.6) is 0 Å². The summed E-state index contributed by atoms with van der Waals surface area (Å²) in [4.78, 5) is 4.36. The first-order valence-electron chi connectivity index (χ1n) is 7.37. The predicted molar refractivity (Wildman–Crippen MR) is 88.4 cm³/mol. The summed E-state index contributed by atoms with van der Waals surface area (Å²) in [6.45, 7) is 3.05. The Morgan fingerprint density at radius 2 is 2.00 bits per heavy atom. The Balaban J connectivity index is 0.00000162. The maximum Gasteiger partial charge on any atom is 0.188 e. The van der Waals surface area contributed by atoms with Crippen LogP contribution in [0.2, 0.25) is 0 Å². The van der Waals surface area contributed by atoms with Crippen molar-refractivity contribution in [2.24, 2.45) is 22.6 Å². The minimum absolute atomic E-state index is 0. The molecule has 2 aliphatic rings. The van der Waals surface area contributed by atoms with Crippen molar-refractivity contribution in [2.75, 3.05) is 6.54 Å². The Labute approximate surface area is 128 Å². The molecule has 0 saturated heterocycles. The van der Waals surface area contributed by atoms with E-state index < -0.39 is 0 Å². The molecule has 0 aliphatic heterocycles. The summed E-state index contributed by atoms with van der Waals surface area (Å²) in [5.41, 5.74) is 5.89. The maximum atomic E-state index is 5.89. The van der Waals surface area contributed by atoms with Gasteiger partial charge >= 0.3 is 0 Å². The van der Waals surface area contributed by atoms with E-state index in [0.29, 0.717) is 12.0 Å². The first kappa shape index (κ1) is 16.1. The highest BCUT2D eigenvalue weighted by atomic mass is 127. The van der Waals surface area contributed by atoms with E-state index in [4.69, 9.17) is 5.73 Å². The van der Waals surface area contributed by atoms with Crippen molar-refractivity contribution in [1.82, 2.24) is 5.32 Å². The minimum Gasteiger partial charge on any atom is -0.370 e. The Hall–Kier alpha value is 0.